The molecule has 0 saturated carbocycles. The second kappa shape index (κ2) is 5.69. The van der Waals surface area contributed by atoms with Crippen LogP contribution in [-0.2, 0) is 4.79 Å². The van der Waals surface area contributed by atoms with Crippen molar-refractivity contribution in [2.45, 2.75) is 32.6 Å². The number of amides is 1. The van der Waals surface area contributed by atoms with Crippen LogP contribution in [0.3, 0.4) is 0 Å². The average molecular weight is 282 g/mol. The van der Waals surface area contributed by atoms with Crippen LogP contribution in [0.2, 0.25) is 0 Å². The average Bonchev–Trinajstić information content (AvgIpc) is 2.87. The van der Waals surface area contributed by atoms with Crippen molar-refractivity contribution in [2.24, 2.45) is 5.92 Å². The highest BCUT2D eigenvalue weighted by atomic mass is 32.1. The first-order valence-corrected chi connectivity index (χ1v) is 7.28. The molecule has 1 aliphatic rings. The van der Waals surface area contributed by atoms with E-state index in [1.807, 2.05) is 13.8 Å². The first kappa shape index (κ1) is 14.0. The van der Waals surface area contributed by atoms with E-state index in [-0.39, 0.29) is 5.91 Å². The minimum atomic E-state index is -0.815. The molecule has 2 heterocycles. The van der Waals surface area contributed by atoms with E-state index in [0.29, 0.717) is 30.3 Å². The molecular weight excluding hydrogens is 264 g/mol. The largest absolute Gasteiger partial charge is 0.481 e. The topological polar surface area (TPSA) is 70.5 Å². The number of piperidine rings is 1. The number of nitrogens with zero attached hydrogens (tertiary/aromatic N) is 2. The number of carboxylic acid groups (broad SMARTS) is 1. The molecule has 0 radical (unpaired) electrons. The van der Waals surface area contributed by atoms with E-state index in [9.17, 15) is 9.59 Å². The zero-order valence-corrected chi connectivity index (χ0v) is 11.9. The summed E-state index contributed by atoms with van der Waals surface area (Å²) in [6.07, 6.45) is 3.00. The minimum absolute atomic E-state index is 0.0876. The summed E-state index contributed by atoms with van der Waals surface area (Å²) in [6.45, 7) is 5.02. The van der Waals surface area contributed by atoms with Crippen LogP contribution in [0, 0.1) is 5.92 Å². The lowest BCUT2D eigenvalue weighted by atomic mass is 9.98. The van der Waals surface area contributed by atoms with E-state index in [4.69, 9.17) is 5.11 Å². The molecule has 1 fully saturated rings. The van der Waals surface area contributed by atoms with Gasteiger partial charge in [-0.3, -0.25) is 9.59 Å². The minimum Gasteiger partial charge on any atom is -0.481 e. The molecule has 1 N–H and O–H groups in total. The van der Waals surface area contributed by atoms with Gasteiger partial charge in [-0.15, -0.1) is 11.3 Å². The first-order chi connectivity index (χ1) is 8.99. The van der Waals surface area contributed by atoms with Crippen molar-refractivity contribution >= 4 is 23.2 Å². The lowest BCUT2D eigenvalue weighted by Gasteiger charge is -2.30. The van der Waals surface area contributed by atoms with Crippen molar-refractivity contribution in [3.05, 3.63) is 16.1 Å². The van der Waals surface area contributed by atoms with Crippen LogP contribution >= 0.6 is 11.3 Å². The summed E-state index contributed by atoms with van der Waals surface area (Å²) in [5.74, 6) is -1.03. The fraction of sp³-hybridized carbons (Fsp3) is 0.615. The summed E-state index contributed by atoms with van der Waals surface area (Å²) in [5.41, 5.74) is 0. The summed E-state index contributed by atoms with van der Waals surface area (Å²) in [6, 6.07) is 0. The maximum atomic E-state index is 12.3. The first-order valence-electron chi connectivity index (χ1n) is 6.47. The third kappa shape index (κ3) is 3.12. The molecule has 104 valence electrons. The Bertz CT molecular complexity index is 484. The monoisotopic (exact) mass is 282 g/mol. The van der Waals surface area contributed by atoms with Gasteiger partial charge < -0.3 is 10.0 Å². The molecule has 6 heteroatoms. The number of aromatic nitrogens is 1. The number of carboxylic acids is 1. The van der Waals surface area contributed by atoms with Crippen LogP contribution < -0.4 is 0 Å². The lowest BCUT2D eigenvalue weighted by molar-refractivity contribution is -0.143. The third-order valence-corrected chi connectivity index (χ3v) is 4.57. The lowest BCUT2D eigenvalue weighted by Crippen LogP contribution is -2.42. The van der Waals surface area contributed by atoms with Gasteiger partial charge in [-0.25, -0.2) is 4.98 Å². The van der Waals surface area contributed by atoms with Crippen LogP contribution in [0.25, 0.3) is 0 Å². The van der Waals surface area contributed by atoms with Gasteiger partial charge >= 0.3 is 5.97 Å². The highest BCUT2D eigenvalue weighted by Gasteiger charge is 2.29. The number of thiazole rings is 1. The molecule has 1 aliphatic heterocycles. The molecule has 2 rings (SSSR count). The fourth-order valence-corrected chi connectivity index (χ4v) is 3.06. The number of hydrogen-bond donors (Lipinski definition) is 1. The molecule has 1 unspecified atom stereocenters. The van der Waals surface area contributed by atoms with E-state index >= 15 is 0 Å². The smallest absolute Gasteiger partial charge is 0.308 e. The Balaban J connectivity index is 2.08. The number of likely N-dealkylation sites (tertiary alicyclic amines) is 1. The highest BCUT2D eigenvalue weighted by molar-refractivity contribution is 7.13. The predicted molar refractivity (Wildman–Crippen MR) is 72.5 cm³/mol. The number of rotatable bonds is 3. The summed E-state index contributed by atoms with van der Waals surface area (Å²) in [5, 5.41) is 9.98. The Morgan fingerprint density at radius 1 is 1.53 bits per heavy atom. The molecule has 1 aromatic heterocycles. The number of carbonyl (C=O) groups excluding carboxylic acids is 1. The summed E-state index contributed by atoms with van der Waals surface area (Å²) in [7, 11) is 0. The summed E-state index contributed by atoms with van der Waals surface area (Å²) >= 11 is 1.40. The van der Waals surface area contributed by atoms with Gasteiger partial charge in [0.15, 0.2) is 0 Å². The van der Waals surface area contributed by atoms with E-state index in [1.54, 1.807) is 11.1 Å². The SMILES string of the molecule is CC(C)c1ncc(C(=O)N2CCCC(C(=O)O)C2)s1. The molecule has 0 bridgehead atoms. The van der Waals surface area contributed by atoms with Crippen molar-refractivity contribution < 1.29 is 14.7 Å². The van der Waals surface area contributed by atoms with Gasteiger partial charge in [0.25, 0.3) is 5.91 Å². The van der Waals surface area contributed by atoms with Gasteiger partial charge in [0, 0.05) is 19.0 Å². The fourth-order valence-electron chi connectivity index (χ4n) is 2.17. The zero-order chi connectivity index (χ0) is 14.0. The van der Waals surface area contributed by atoms with E-state index in [0.717, 1.165) is 11.4 Å². The Labute approximate surface area is 116 Å². The summed E-state index contributed by atoms with van der Waals surface area (Å²) < 4.78 is 0. The van der Waals surface area contributed by atoms with Gasteiger partial charge in [0.2, 0.25) is 0 Å². The molecule has 0 aromatic carbocycles. The molecule has 1 amide bonds. The molecule has 0 spiro atoms. The van der Waals surface area contributed by atoms with Crippen molar-refractivity contribution in [1.82, 2.24) is 9.88 Å². The predicted octanol–water partition coefficient (Wildman–Crippen LogP) is 2.20. The molecule has 1 saturated heterocycles. The van der Waals surface area contributed by atoms with Gasteiger partial charge in [-0.05, 0) is 12.8 Å². The Kier molecular flexibility index (Phi) is 4.19. The Morgan fingerprint density at radius 3 is 2.84 bits per heavy atom. The highest BCUT2D eigenvalue weighted by Crippen LogP contribution is 2.24. The Hall–Kier alpha value is -1.43. The third-order valence-electron chi connectivity index (χ3n) is 3.29. The molecular formula is C13H18N2O3S. The van der Waals surface area contributed by atoms with Gasteiger partial charge in [0.05, 0.1) is 17.1 Å². The summed E-state index contributed by atoms with van der Waals surface area (Å²) in [4.78, 5) is 29.8. The normalized spacial score (nSPS) is 19.7. The maximum Gasteiger partial charge on any atom is 0.308 e. The number of aliphatic carboxylic acids is 1. The van der Waals surface area contributed by atoms with Crippen LogP contribution in [-0.4, -0.2) is 40.0 Å². The zero-order valence-electron chi connectivity index (χ0n) is 11.1. The standard InChI is InChI=1S/C13H18N2O3S/c1-8(2)11-14-6-10(19-11)12(16)15-5-3-4-9(7-15)13(17)18/h6,8-9H,3-5,7H2,1-2H3,(H,17,18). The van der Waals surface area contributed by atoms with Crippen LogP contribution in [0.5, 0.6) is 0 Å². The van der Waals surface area contributed by atoms with Gasteiger partial charge in [0.1, 0.15) is 4.88 Å². The Morgan fingerprint density at radius 2 is 2.26 bits per heavy atom. The number of carbonyl (C=O) groups is 2. The molecule has 1 aromatic rings. The quantitative estimate of drug-likeness (QED) is 0.922. The molecule has 0 aliphatic carbocycles. The van der Waals surface area contributed by atoms with Gasteiger partial charge in [-0.2, -0.15) is 0 Å². The van der Waals surface area contributed by atoms with E-state index in [1.165, 1.54) is 11.3 Å². The van der Waals surface area contributed by atoms with E-state index in [2.05, 4.69) is 4.98 Å². The van der Waals surface area contributed by atoms with Crippen molar-refractivity contribution in [2.75, 3.05) is 13.1 Å². The van der Waals surface area contributed by atoms with Crippen molar-refractivity contribution in [3.63, 3.8) is 0 Å². The maximum absolute atomic E-state index is 12.3. The van der Waals surface area contributed by atoms with Crippen LogP contribution in [0.15, 0.2) is 6.20 Å². The second-order valence-electron chi connectivity index (χ2n) is 5.15. The molecule has 5 nitrogen and oxygen atoms in total. The van der Waals surface area contributed by atoms with Crippen molar-refractivity contribution in [3.8, 4) is 0 Å². The van der Waals surface area contributed by atoms with Crippen LogP contribution in [0.1, 0.15) is 47.3 Å². The second-order valence-corrected chi connectivity index (χ2v) is 6.21. The van der Waals surface area contributed by atoms with Crippen LogP contribution in [0.4, 0.5) is 0 Å². The number of hydrogen-bond acceptors (Lipinski definition) is 4. The van der Waals surface area contributed by atoms with E-state index < -0.39 is 11.9 Å². The molecule has 1 atom stereocenters. The molecule has 19 heavy (non-hydrogen) atoms. The van der Waals surface area contributed by atoms with Crippen molar-refractivity contribution in [1.29, 1.82) is 0 Å². The van der Waals surface area contributed by atoms with Gasteiger partial charge in [-0.1, -0.05) is 13.8 Å².